The highest BCUT2D eigenvalue weighted by Crippen LogP contribution is 2.45. The van der Waals surface area contributed by atoms with Crippen molar-refractivity contribution in [1.82, 2.24) is 9.88 Å². The standard InChI is InChI=1S/C19H19ClN4O.C7H8/c1-11-5-13-4-3-12(14-6-15(20)10-22-9-14)7-16(13)19(8-11)17(25)24(2)18(21)23-19;1-7-5-3-2-4-6-7/h3-4,6-7,9-11H,5,8H2,1-2H3,(H2,21,23);2-6H,1H3. The van der Waals surface area contributed by atoms with Gasteiger partial charge in [0.25, 0.3) is 5.91 Å². The number of hydrogen-bond acceptors (Lipinski definition) is 4. The van der Waals surface area contributed by atoms with Gasteiger partial charge in [-0.3, -0.25) is 14.7 Å². The Kier molecular flexibility index (Phi) is 6.02. The van der Waals surface area contributed by atoms with Gasteiger partial charge in [-0.15, -0.1) is 0 Å². The number of fused-ring (bicyclic) bond motifs is 2. The highest BCUT2D eigenvalue weighted by molar-refractivity contribution is 6.30. The number of guanidine groups is 1. The van der Waals surface area contributed by atoms with Gasteiger partial charge in [0, 0.05) is 25.0 Å². The fourth-order valence-corrected chi connectivity index (χ4v) is 4.67. The normalized spacial score (nSPS) is 21.6. The van der Waals surface area contributed by atoms with E-state index in [0.29, 0.717) is 17.4 Å². The van der Waals surface area contributed by atoms with E-state index < -0.39 is 5.54 Å². The summed E-state index contributed by atoms with van der Waals surface area (Å²) in [6, 6.07) is 18.3. The Morgan fingerprint density at radius 3 is 2.44 bits per heavy atom. The molecule has 2 unspecified atom stereocenters. The van der Waals surface area contributed by atoms with Crippen molar-refractivity contribution in [2.24, 2.45) is 16.6 Å². The molecule has 3 aromatic rings. The molecule has 1 aliphatic carbocycles. The zero-order valence-electron chi connectivity index (χ0n) is 18.5. The number of rotatable bonds is 1. The SMILES string of the molecule is CC1Cc2ccc(-c3cncc(Cl)c3)cc2C2(C1)N=C(N)N(C)C2=O.Cc1ccccc1. The molecule has 0 bridgehead atoms. The monoisotopic (exact) mass is 446 g/mol. The molecule has 5 rings (SSSR count). The summed E-state index contributed by atoms with van der Waals surface area (Å²) >= 11 is 6.08. The summed E-state index contributed by atoms with van der Waals surface area (Å²) in [6.45, 7) is 4.23. The third-order valence-corrected chi connectivity index (χ3v) is 6.26. The van der Waals surface area contributed by atoms with Gasteiger partial charge in [0.05, 0.1) is 5.02 Å². The number of carbonyl (C=O) groups excluding carboxylic acids is 1. The molecule has 2 heterocycles. The first-order valence-electron chi connectivity index (χ1n) is 10.7. The number of benzene rings is 2. The predicted molar refractivity (Wildman–Crippen MR) is 129 cm³/mol. The number of amides is 1. The second-order valence-corrected chi connectivity index (χ2v) is 9.06. The molecule has 0 saturated heterocycles. The summed E-state index contributed by atoms with van der Waals surface area (Å²) in [4.78, 5) is 23.2. The van der Waals surface area contributed by atoms with Crippen LogP contribution in [0.1, 0.15) is 30.0 Å². The number of halogens is 1. The average Bonchev–Trinajstić information content (AvgIpc) is 2.98. The number of aromatic nitrogens is 1. The van der Waals surface area contributed by atoms with Crippen molar-refractivity contribution in [1.29, 1.82) is 0 Å². The quantitative estimate of drug-likeness (QED) is 0.574. The topological polar surface area (TPSA) is 71.6 Å². The van der Waals surface area contributed by atoms with E-state index in [1.807, 2.05) is 36.4 Å². The smallest absolute Gasteiger partial charge is 0.261 e. The van der Waals surface area contributed by atoms with Crippen molar-refractivity contribution >= 4 is 23.5 Å². The van der Waals surface area contributed by atoms with E-state index in [1.165, 1.54) is 10.5 Å². The number of pyridine rings is 1. The van der Waals surface area contributed by atoms with E-state index in [2.05, 4.69) is 42.0 Å². The molecule has 1 amide bonds. The fraction of sp³-hybridized carbons (Fsp3) is 0.269. The molecule has 2 atom stereocenters. The molecule has 1 aliphatic heterocycles. The third-order valence-electron chi connectivity index (χ3n) is 6.05. The summed E-state index contributed by atoms with van der Waals surface area (Å²) in [6.07, 6.45) is 4.97. The highest BCUT2D eigenvalue weighted by atomic mass is 35.5. The molecule has 6 heteroatoms. The van der Waals surface area contributed by atoms with Crippen molar-refractivity contribution in [2.45, 2.75) is 32.2 Å². The Labute approximate surface area is 194 Å². The van der Waals surface area contributed by atoms with E-state index >= 15 is 0 Å². The number of carbonyl (C=O) groups is 1. The highest BCUT2D eigenvalue weighted by Gasteiger charge is 2.51. The maximum Gasteiger partial charge on any atom is 0.261 e. The summed E-state index contributed by atoms with van der Waals surface area (Å²) in [5, 5.41) is 0.581. The summed E-state index contributed by atoms with van der Waals surface area (Å²) in [7, 11) is 1.68. The number of hydrogen-bond donors (Lipinski definition) is 1. The van der Waals surface area contributed by atoms with E-state index in [-0.39, 0.29) is 11.9 Å². The number of nitrogens with zero attached hydrogens (tertiary/aromatic N) is 3. The van der Waals surface area contributed by atoms with Gasteiger partial charge in [0.15, 0.2) is 11.5 Å². The lowest BCUT2D eigenvalue weighted by molar-refractivity contribution is -0.131. The van der Waals surface area contributed by atoms with Gasteiger partial charge < -0.3 is 5.73 Å². The van der Waals surface area contributed by atoms with E-state index in [9.17, 15) is 4.79 Å². The van der Waals surface area contributed by atoms with Crippen LogP contribution in [0.15, 0.2) is 72.0 Å². The lowest BCUT2D eigenvalue weighted by Crippen LogP contribution is -2.43. The molecule has 32 heavy (non-hydrogen) atoms. The number of nitrogens with two attached hydrogens (primary N) is 1. The molecule has 0 fully saturated rings. The van der Waals surface area contributed by atoms with Crippen molar-refractivity contribution < 1.29 is 4.79 Å². The van der Waals surface area contributed by atoms with Crippen LogP contribution in [0, 0.1) is 12.8 Å². The second kappa shape index (κ2) is 8.75. The first kappa shape index (κ1) is 22.0. The summed E-state index contributed by atoms with van der Waals surface area (Å²) in [5.41, 5.74) is 10.4. The van der Waals surface area contributed by atoms with Crippen LogP contribution >= 0.6 is 11.6 Å². The molecule has 2 N–H and O–H groups in total. The number of aliphatic imine (C=N–C) groups is 1. The average molecular weight is 447 g/mol. The lowest BCUT2D eigenvalue weighted by Gasteiger charge is -2.35. The van der Waals surface area contributed by atoms with Crippen molar-refractivity contribution in [3.05, 3.63) is 88.7 Å². The molecular formula is C26H27ClN4O. The molecule has 2 aromatic carbocycles. The maximum absolute atomic E-state index is 13.0. The lowest BCUT2D eigenvalue weighted by atomic mass is 9.71. The Bertz CT molecular complexity index is 1180. The van der Waals surface area contributed by atoms with Crippen LogP contribution in [0.4, 0.5) is 0 Å². The molecule has 164 valence electrons. The van der Waals surface area contributed by atoms with Gasteiger partial charge in [-0.2, -0.15) is 0 Å². The zero-order chi connectivity index (χ0) is 22.9. The van der Waals surface area contributed by atoms with E-state index in [0.717, 1.165) is 28.7 Å². The van der Waals surface area contributed by atoms with Gasteiger partial charge in [-0.1, -0.05) is 66.6 Å². The third kappa shape index (κ3) is 4.13. The number of likely N-dealkylation sites (N-methyl/N-ethyl adjacent to an activating group) is 1. The summed E-state index contributed by atoms with van der Waals surface area (Å²) in [5.74, 6) is 0.581. The molecule has 2 aliphatic rings. The van der Waals surface area contributed by atoms with Crippen LogP contribution in [0.5, 0.6) is 0 Å². The van der Waals surface area contributed by atoms with Crippen LogP contribution in [-0.4, -0.2) is 28.8 Å². The van der Waals surface area contributed by atoms with E-state index in [1.54, 1.807) is 19.4 Å². The van der Waals surface area contributed by atoms with Crippen LogP contribution in [-0.2, 0) is 16.8 Å². The predicted octanol–water partition coefficient (Wildman–Crippen LogP) is 4.96. The molecule has 1 aromatic heterocycles. The maximum atomic E-state index is 13.0. The molecule has 5 nitrogen and oxygen atoms in total. The second-order valence-electron chi connectivity index (χ2n) is 8.63. The Balaban J connectivity index is 0.000000300. The minimum absolute atomic E-state index is 0.0563. The van der Waals surface area contributed by atoms with Crippen LogP contribution < -0.4 is 5.73 Å². The summed E-state index contributed by atoms with van der Waals surface area (Å²) < 4.78 is 0. The molecule has 1 spiro atoms. The largest absolute Gasteiger partial charge is 0.369 e. The number of aryl methyl sites for hydroxylation is 1. The Morgan fingerprint density at radius 2 is 1.84 bits per heavy atom. The first-order chi connectivity index (χ1) is 15.3. The van der Waals surface area contributed by atoms with Gasteiger partial charge in [0.2, 0.25) is 0 Å². The van der Waals surface area contributed by atoms with Crippen LogP contribution in [0.25, 0.3) is 11.1 Å². The van der Waals surface area contributed by atoms with Gasteiger partial charge in [0.1, 0.15) is 0 Å². The Hall–Kier alpha value is -3.18. The zero-order valence-corrected chi connectivity index (χ0v) is 19.3. The van der Waals surface area contributed by atoms with Crippen LogP contribution in [0.2, 0.25) is 5.02 Å². The minimum Gasteiger partial charge on any atom is -0.369 e. The molecule has 0 radical (unpaired) electrons. The molecular weight excluding hydrogens is 420 g/mol. The van der Waals surface area contributed by atoms with E-state index in [4.69, 9.17) is 17.3 Å². The van der Waals surface area contributed by atoms with Gasteiger partial charge in [-0.25, -0.2) is 4.99 Å². The van der Waals surface area contributed by atoms with Gasteiger partial charge >= 0.3 is 0 Å². The fourth-order valence-electron chi connectivity index (χ4n) is 4.49. The Morgan fingerprint density at radius 1 is 1.09 bits per heavy atom. The van der Waals surface area contributed by atoms with Crippen molar-refractivity contribution in [3.63, 3.8) is 0 Å². The van der Waals surface area contributed by atoms with Crippen LogP contribution in [0.3, 0.4) is 0 Å². The van der Waals surface area contributed by atoms with Crippen molar-refractivity contribution in [2.75, 3.05) is 7.05 Å². The minimum atomic E-state index is -0.909. The van der Waals surface area contributed by atoms with Gasteiger partial charge in [-0.05, 0) is 54.5 Å². The van der Waals surface area contributed by atoms with Crippen molar-refractivity contribution in [3.8, 4) is 11.1 Å². The molecule has 0 saturated carbocycles. The first-order valence-corrected chi connectivity index (χ1v) is 11.1.